The second kappa shape index (κ2) is 14.9. The molecule has 3 saturated heterocycles. The summed E-state index contributed by atoms with van der Waals surface area (Å²) in [5.74, 6) is -2.11. The van der Waals surface area contributed by atoms with Gasteiger partial charge in [0.25, 0.3) is 23.6 Å². The van der Waals surface area contributed by atoms with Crippen molar-refractivity contribution in [1.82, 2.24) is 34.6 Å². The average molecular weight is 790 g/mol. The van der Waals surface area contributed by atoms with Gasteiger partial charge in [0, 0.05) is 75.4 Å². The van der Waals surface area contributed by atoms with E-state index < -0.39 is 29.7 Å². The van der Waals surface area contributed by atoms with Crippen LogP contribution in [0.5, 0.6) is 5.75 Å². The van der Waals surface area contributed by atoms with Gasteiger partial charge in [0.1, 0.15) is 17.4 Å². The number of nitrogens with zero attached hydrogens (tertiary/aromatic N) is 7. The fraction of sp³-hybridized carbons (Fsp3) is 0.415. The minimum absolute atomic E-state index is 0.0451. The number of imide groups is 2. The standard InChI is InChI=1S/C41H43N9O8/c1-23(2)58-34-18-29-24(16-32(34)44-37(52)31-19-43-49-11-3-10-42-36(31)49)20-48(39(29)54)25-8-12-46(13-9-25)21-27-22-47(14-15-57-27)26-4-5-28-30(17-26)41(56)50(40(28)55)33-6-7-35(51)45-38(33)53/h3-5,10-11,16-19,23,25,27,33H,6-9,12-15,20-22H2,1-2H3,(H,44,52)(H,45,51,53)/t27-,33?/m1/s1. The van der Waals surface area contributed by atoms with E-state index in [-0.39, 0.29) is 54.0 Å². The van der Waals surface area contributed by atoms with Crippen molar-refractivity contribution >= 4 is 52.5 Å². The Morgan fingerprint density at radius 3 is 2.59 bits per heavy atom. The van der Waals surface area contributed by atoms with Crippen molar-refractivity contribution in [3.05, 3.63) is 82.8 Å². The smallest absolute Gasteiger partial charge is 0.262 e. The zero-order valence-corrected chi connectivity index (χ0v) is 32.2. The van der Waals surface area contributed by atoms with Gasteiger partial charge in [0.05, 0.1) is 41.8 Å². The second-order valence-electron chi connectivity index (χ2n) is 15.7. The molecule has 3 fully saturated rings. The summed E-state index contributed by atoms with van der Waals surface area (Å²) in [4.78, 5) is 89.8. The average Bonchev–Trinajstić information content (AvgIpc) is 3.86. The highest BCUT2D eigenvalue weighted by Gasteiger charge is 2.45. The SMILES string of the molecule is CC(C)Oc1cc2c(cc1NC(=O)c1cnn3cccnc13)CN(C1CCN(C[C@@H]3CN(c4ccc5c(c4)C(=O)N(C4CCC(=O)NC4=O)C5=O)CCO3)CC1)C2=O. The molecule has 9 rings (SSSR count). The monoisotopic (exact) mass is 789 g/mol. The number of anilines is 2. The number of carbonyl (C=O) groups excluding carboxylic acids is 6. The van der Waals surface area contributed by atoms with E-state index >= 15 is 0 Å². The van der Waals surface area contributed by atoms with Crippen LogP contribution < -0.4 is 20.3 Å². The minimum Gasteiger partial charge on any atom is -0.489 e. The Hall–Kier alpha value is -6.20. The molecule has 0 aliphatic carbocycles. The Bertz CT molecular complexity index is 2370. The molecule has 17 heteroatoms. The molecular formula is C41H43N9O8. The van der Waals surface area contributed by atoms with Gasteiger partial charge in [-0.1, -0.05) is 0 Å². The van der Waals surface area contributed by atoms with Gasteiger partial charge in [-0.3, -0.25) is 39.0 Å². The van der Waals surface area contributed by atoms with Gasteiger partial charge >= 0.3 is 0 Å². The molecule has 0 bridgehead atoms. The number of morpholine rings is 1. The molecule has 300 valence electrons. The third kappa shape index (κ3) is 6.83. The molecule has 2 aromatic carbocycles. The number of fused-ring (bicyclic) bond motifs is 3. The maximum atomic E-state index is 13.9. The Balaban J connectivity index is 0.817. The molecule has 0 spiro atoms. The van der Waals surface area contributed by atoms with Crippen LogP contribution in [0.25, 0.3) is 5.65 Å². The highest BCUT2D eigenvalue weighted by atomic mass is 16.5. The summed E-state index contributed by atoms with van der Waals surface area (Å²) in [5.41, 5.74) is 3.93. The molecule has 6 amide bonds. The van der Waals surface area contributed by atoms with Gasteiger partial charge < -0.3 is 29.5 Å². The van der Waals surface area contributed by atoms with Crippen LogP contribution in [0.2, 0.25) is 0 Å². The predicted molar refractivity (Wildman–Crippen MR) is 208 cm³/mol. The minimum atomic E-state index is -1.01. The lowest BCUT2D eigenvalue weighted by atomic mass is 10.0. The summed E-state index contributed by atoms with van der Waals surface area (Å²) in [7, 11) is 0. The highest BCUT2D eigenvalue weighted by molar-refractivity contribution is 6.23. The van der Waals surface area contributed by atoms with Crippen LogP contribution in [-0.4, -0.2) is 128 Å². The molecule has 2 atom stereocenters. The van der Waals surface area contributed by atoms with Gasteiger partial charge in [-0.05, 0) is 75.1 Å². The van der Waals surface area contributed by atoms with Crippen molar-refractivity contribution in [3.63, 3.8) is 0 Å². The number of hydrogen-bond acceptors (Lipinski definition) is 12. The maximum Gasteiger partial charge on any atom is 0.262 e. The molecule has 0 radical (unpaired) electrons. The summed E-state index contributed by atoms with van der Waals surface area (Å²) in [6.45, 7) is 8.18. The Labute approximate surface area is 333 Å². The van der Waals surface area contributed by atoms with Crippen molar-refractivity contribution in [3.8, 4) is 5.75 Å². The molecule has 2 N–H and O–H groups in total. The molecule has 2 aromatic heterocycles. The lowest BCUT2D eigenvalue weighted by molar-refractivity contribution is -0.136. The number of carbonyl (C=O) groups is 6. The molecule has 5 aliphatic heterocycles. The van der Waals surface area contributed by atoms with Crippen molar-refractivity contribution < 1.29 is 38.2 Å². The topological polar surface area (TPSA) is 188 Å². The van der Waals surface area contributed by atoms with Crippen molar-refractivity contribution in [1.29, 1.82) is 0 Å². The quantitative estimate of drug-likeness (QED) is 0.236. The summed E-state index contributed by atoms with van der Waals surface area (Å²) in [6.07, 6.45) is 6.27. The largest absolute Gasteiger partial charge is 0.489 e. The summed E-state index contributed by atoms with van der Waals surface area (Å²) in [6, 6.07) is 9.53. The zero-order chi connectivity index (χ0) is 40.2. The first-order chi connectivity index (χ1) is 28.0. The van der Waals surface area contributed by atoms with Gasteiger partial charge in [0.15, 0.2) is 5.65 Å². The molecule has 58 heavy (non-hydrogen) atoms. The van der Waals surface area contributed by atoms with E-state index in [9.17, 15) is 28.8 Å². The fourth-order valence-corrected chi connectivity index (χ4v) is 8.71. The molecular weight excluding hydrogens is 747 g/mol. The lowest BCUT2D eigenvalue weighted by Crippen LogP contribution is -2.54. The fourth-order valence-electron chi connectivity index (χ4n) is 8.71. The van der Waals surface area contributed by atoms with Crippen LogP contribution in [0, 0.1) is 0 Å². The zero-order valence-electron chi connectivity index (χ0n) is 32.2. The second-order valence-corrected chi connectivity index (χ2v) is 15.7. The van der Waals surface area contributed by atoms with Crippen molar-refractivity contribution in [2.75, 3.05) is 49.5 Å². The van der Waals surface area contributed by atoms with Crippen LogP contribution in [0.3, 0.4) is 0 Å². The number of amides is 6. The van der Waals surface area contributed by atoms with Gasteiger partial charge in [-0.2, -0.15) is 5.10 Å². The predicted octanol–water partition coefficient (Wildman–Crippen LogP) is 2.50. The van der Waals surface area contributed by atoms with E-state index in [2.05, 4.69) is 30.5 Å². The molecule has 1 unspecified atom stereocenters. The first kappa shape index (κ1) is 37.4. The number of ether oxygens (including phenoxy) is 2. The Morgan fingerprint density at radius 1 is 0.983 bits per heavy atom. The molecule has 0 saturated carbocycles. The van der Waals surface area contributed by atoms with E-state index in [4.69, 9.17) is 9.47 Å². The van der Waals surface area contributed by atoms with E-state index in [1.165, 1.54) is 10.7 Å². The first-order valence-electron chi connectivity index (χ1n) is 19.7. The number of aromatic nitrogens is 3. The van der Waals surface area contributed by atoms with Crippen LogP contribution in [0.4, 0.5) is 11.4 Å². The molecule has 5 aliphatic rings. The van der Waals surface area contributed by atoms with E-state index in [0.717, 1.165) is 42.1 Å². The lowest BCUT2D eigenvalue weighted by Gasteiger charge is -2.40. The van der Waals surface area contributed by atoms with Crippen molar-refractivity contribution in [2.24, 2.45) is 0 Å². The number of hydrogen-bond donors (Lipinski definition) is 2. The molecule has 17 nitrogen and oxygen atoms in total. The number of nitrogens with one attached hydrogen (secondary N) is 2. The Morgan fingerprint density at radius 2 is 1.79 bits per heavy atom. The maximum absolute atomic E-state index is 13.9. The highest BCUT2D eigenvalue weighted by Crippen LogP contribution is 2.37. The number of likely N-dealkylation sites (tertiary alicyclic amines) is 1. The van der Waals surface area contributed by atoms with Crippen LogP contribution >= 0.6 is 0 Å². The summed E-state index contributed by atoms with van der Waals surface area (Å²) >= 11 is 0. The Kier molecular flexibility index (Phi) is 9.64. The van der Waals surface area contributed by atoms with Crippen LogP contribution in [0.15, 0.2) is 55.0 Å². The normalized spacial score (nSPS) is 21.6. The summed E-state index contributed by atoms with van der Waals surface area (Å²) < 4.78 is 13.8. The number of benzene rings is 2. The number of piperidine rings is 2. The van der Waals surface area contributed by atoms with Crippen molar-refractivity contribution in [2.45, 2.75) is 70.4 Å². The molecule has 4 aromatic rings. The van der Waals surface area contributed by atoms with Crippen LogP contribution in [-0.2, 0) is 20.9 Å². The van der Waals surface area contributed by atoms with E-state index in [1.54, 1.807) is 36.7 Å². The molecule has 7 heterocycles. The van der Waals surface area contributed by atoms with Gasteiger partial charge in [-0.15, -0.1) is 0 Å². The van der Waals surface area contributed by atoms with E-state index in [1.807, 2.05) is 30.9 Å². The van der Waals surface area contributed by atoms with Gasteiger partial charge in [-0.25, -0.2) is 9.50 Å². The third-order valence-electron chi connectivity index (χ3n) is 11.6. The van der Waals surface area contributed by atoms with Gasteiger partial charge in [0.2, 0.25) is 11.8 Å². The van der Waals surface area contributed by atoms with E-state index in [0.29, 0.717) is 61.0 Å². The number of rotatable bonds is 9. The van der Waals surface area contributed by atoms with Crippen LogP contribution in [0.1, 0.15) is 86.5 Å². The summed E-state index contributed by atoms with van der Waals surface area (Å²) in [5, 5.41) is 9.44. The third-order valence-corrected chi connectivity index (χ3v) is 11.6. The first-order valence-corrected chi connectivity index (χ1v) is 19.7.